The van der Waals surface area contributed by atoms with Crippen molar-refractivity contribution in [3.05, 3.63) is 77.0 Å². The van der Waals surface area contributed by atoms with Crippen LogP contribution in [-0.2, 0) is 42.9 Å². The molecule has 1 N–H and O–H groups in total. The summed E-state index contributed by atoms with van der Waals surface area (Å²) in [7, 11) is 0.0917. The zero-order chi connectivity index (χ0) is 24.2. The van der Waals surface area contributed by atoms with Gasteiger partial charge in [-0.15, -0.1) is 0 Å². The third-order valence-electron chi connectivity index (χ3n) is 5.61. The maximum atomic E-state index is 13.0. The number of rotatable bonds is 8. The van der Waals surface area contributed by atoms with E-state index in [1.807, 2.05) is 30.3 Å². The summed E-state index contributed by atoms with van der Waals surface area (Å²) in [6.45, 7) is 0.00885. The monoisotopic (exact) mass is 546 g/mol. The van der Waals surface area contributed by atoms with Gasteiger partial charge in [-0.25, -0.2) is 4.79 Å². The van der Waals surface area contributed by atoms with E-state index >= 15 is 0 Å². The van der Waals surface area contributed by atoms with Crippen LogP contribution in [0.15, 0.2) is 65.9 Å². The van der Waals surface area contributed by atoms with E-state index in [1.54, 1.807) is 31.4 Å². The van der Waals surface area contributed by atoms with Crippen LogP contribution in [0.3, 0.4) is 0 Å². The molecular formula is C24H23BrN2O6S. The number of amides is 2. The third kappa shape index (κ3) is 4.92. The van der Waals surface area contributed by atoms with Gasteiger partial charge in [-0.05, 0) is 28.8 Å². The van der Waals surface area contributed by atoms with Gasteiger partial charge in [-0.3, -0.25) is 18.7 Å². The van der Waals surface area contributed by atoms with Gasteiger partial charge in [0.1, 0.15) is 29.5 Å². The number of fused-ring (bicyclic) bond motifs is 1. The van der Waals surface area contributed by atoms with Crippen LogP contribution < -0.4 is 10.1 Å². The van der Waals surface area contributed by atoms with Gasteiger partial charge in [0.15, 0.2) is 0 Å². The average Bonchev–Trinajstić information content (AvgIpc) is 2.86. The van der Waals surface area contributed by atoms with Gasteiger partial charge in [0.25, 0.3) is 5.91 Å². The number of alkyl halides is 1. The van der Waals surface area contributed by atoms with E-state index in [0.29, 0.717) is 11.3 Å². The number of hydrogen-bond acceptors (Lipinski definition) is 6. The predicted molar refractivity (Wildman–Crippen MR) is 129 cm³/mol. The molecule has 178 valence electrons. The number of esters is 1. The highest BCUT2D eigenvalue weighted by atomic mass is 79.9. The largest absolute Gasteiger partial charge is 0.497 e. The van der Waals surface area contributed by atoms with Crippen molar-refractivity contribution in [1.29, 1.82) is 0 Å². The molecular weight excluding hydrogens is 524 g/mol. The van der Waals surface area contributed by atoms with E-state index in [2.05, 4.69) is 21.2 Å². The molecule has 0 aliphatic carbocycles. The SMILES string of the molecule is COc1ccc(COC(=O)C2=C(CBr)CS(=O)C3C(NC(=O)Cc4ccccc4)C(=O)N23)cc1. The molecule has 3 unspecified atom stereocenters. The van der Waals surface area contributed by atoms with Crippen molar-refractivity contribution in [3.63, 3.8) is 0 Å². The fourth-order valence-electron chi connectivity index (χ4n) is 3.89. The number of nitrogens with one attached hydrogen (secondary N) is 1. The molecule has 10 heteroatoms. The Morgan fingerprint density at radius 3 is 2.47 bits per heavy atom. The summed E-state index contributed by atoms with van der Waals surface area (Å²) in [5.74, 6) is -0.704. The van der Waals surface area contributed by atoms with Gasteiger partial charge in [0.05, 0.1) is 30.1 Å². The molecule has 1 fully saturated rings. The standard InChI is InChI=1S/C24H23BrN2O6S/c1-32-18-9-7-16(8-10-18)13-33-24(30)21-17(12-25)14-34(31)23-20(22(29)27(21)23)26-19(28)11-15-5-3-2-4-6-15/h2-10,20,23H,11-14H2,1H3,(H,26,28). The number of carbonyl (C=O) groups excluding carboxylic acids is 3. The van der Waals surface area contributed by atoms with Crippen LogP contribution in [0.2, 0.25) is 0 Å². The molecule has 0 aromatic heterocycles. The smallest absolute Gasteiger partial charge is 0.355 e. The molecule has 0 bridgehead atoms. The minimum absolute atomic E-state index is 0.00885. The lowest BCUT2D eigenvalue weighted by atomic mass is 10.0. The van der Waals surface area contributed by atoms with E-state index in [-0.39, 0.29) is 35.7 Å². The van der Waals surface area contributed by atoms with E-state index in [4.69, 9.17) is 9.47 Å². The summed E-state index contributed by atoms with van der Waals surface area (Å²) >= 11 is 3.32. The van der Waals surface area contributed by atoms with Crippen LogP contribution in [0.5, 0.6) is 5.75 Å². The van der Waals surface area contributed by atoms with Gasteiger partial charge in [-0.1, -0.05) is 58.4 Å². The van der Waals surface area contributed by atoms with Gasteiger partial charge >= 0.3 is 5.97 Å². The summed E-state index contributed by atoms with van der Waals surface area (Å²) in [6, 6.07) is 15.2. The first-order valence-electron chi connectivity index (χ1n) is 10.5. The number of nitrogens with zero attached hydrogens (tertiary/aromatic N) is 1. The first-order chi connectivity index (χ1) is 16.4. The van der Waals surface area contributed by atoms with Crippen molar-refractivity contribution in [3.8, 4) is 5.75 Å². The summed E-state index contributed by atoms with van der Waals surface area (Å²) in [4.78, 5) is 39.6. The fraction of sp³-hybridized carbons (Fsp3) is 0.292. The first-order valence-corrected chi connectivity index (χ1v) is 13.0. The number of methoxy groups -OCH3 is 1. The molecule has 0 saturated carbocycles. The number of β-lactam (4-membered cyclic amide) rings is 1. The number of benzene rings is 2. The lowest BCUT2D eigenvalue weighted by Crippen LogP contribution is -2.73. The second-order valence-electron chi connectivity index (χ2n) is 7.84. The fourth-order valence-corrected chi connectivity index (χ4v) is 6.30. The molecule has 0 spiro atoms. The Morgan fingerprint density at radius 1 is 1.12 bits per heavy atom. The van der Waals surface area contributed by atoms with Crippen molar-refractivity contribution in [2.45, 2.75) is 24.4 Å². The van der Waals surface area contributed by atoms with Gasteiger partial charge in [-0.2, -0.15) is 0 Å². The molecule has 34 heavy (non-hydrogen) atoms. The molecule has 3 atom stereocenters. The summed E-state index contributed by atoms with van der Waals surface area (Å²) in [5, 5.41) is 2.15. The second kappa shape index (κ2) is 10.5. The Labute approximate surface area is 207 Å². The Balaban J connectivity index is 1.45. The Morgan fingerprint density at radius 2 is 1.82 bits per heavy atom. The van der Waals surface area contributed by atoms with Crippen molar-refractivity contribution < 1.29 is 28.1 Å². The highest BCUT2D eigenvalue weighted by molar-refractivity contribution is 9.09. The average molecular weight is 547 g/mol. The molecule has 2 heterocycles. The summed E-state index contributed by atoms with van der Waals surface area (Å²) < 4.78 is 23.5. The third-order valence-corrected chi connectivity index (χ3v) is 7.94. The number of halogens is 1. The van der Waals surface area contributed by atoms with E-state index in [9.17, 15) is 18.6 Å². The van der Waals surface area contributed by atoms with E-state index in [0.717, 1.165) is 11.1 Å². The number of carbonyl (C=O) groups is 3. The Kier molecular flexibility index (Phi) is 7.47. The van der Waals surface area contributed by atoms with Crippen LogP contribution in [0.25, 0.3) is 0 Å². The lowest BCUT2D eigenvalue weighted by Gasteiger charge is -2.49. The molecule has 0 radical (unpaired) electrons. The maximum Gasteiger partial charge on any atom is 0.355 e. The molecule has 2 amide bonds. The zero-order valence-electron chi connectivity index (χ0n) is 18.4. The summed E-state index contributed by atoms with van der Waals surface area (Å²) in [5.41, 5.74) is 2.18. The molecule has 2 aliphatic heterocycles. The van der Waals surface area contributed by atoms with Gasteiger partial charge < -0.3 is 14.8 Å². The van der Waals surface area contributed by atoms with Crippen LogP contribution >= 0.6 is 15.9 Å². The van der Waals surface area contributed by atoms with Crippen molar-refractivity contribution in [2.24, 2.45) is 0 Å². The highest BCUT2D eigenvalue weighted by Gasteiger charge is 2.57. The predicted octanol–water partition coefficient (Wildman–Crippen LogP) is 2.05. The second-order valence-corrected chi connectivity index (χ2v) is 9.94. The van der Waals surface area contributed by atoms with Crippen LogP contribution in [0.4, 0.5) is 0 Å². The number of hydrogen-bond donors (Lipinski definition) is 1. The normalized spacial score (nSPS) is 21.4. The molecule has 2 aliphatic rings. The van der Waals surface area contributed by atoms with Crippen molar-refractivity contribution in [2.75, 3.05) is 18.2 Å². The first kappa shape index (κ1) is 24.2. The molecule has 1 saturated heterocycles. The quantitative estimate of drug-likeness (QED) is 0.309. The molecule has 2 aromatic rings. The summed E-state index contributed by atoms with van der Waals surface area (Å²) in [6.07, 6.45) is 0.100. The van der Waals surface area contributed by atoms with E-state index < -0.39 is 34.1 Å². The molecule has 8 nitrogen and oxygen atoms in total. The maximum absolute atomic E-state index is 13.0. The van der Waals surface area contributed by atoms with Gasteiger partial charge in [0, 0.05) is 5.33 Å². The van der Waals surface area contributed by atoms with E-state index in [1.165, 1.54) is 4.90 Å². The van der Waals surface area contributed by atoms with Crippen LogP contribution in [-0.4, -0.2) is 56.5 Å². The minimum atomic E-state index is -1.47. The Hall–Kier alpha value is -2.98. The van der Waals surface area contributed by atoms with Gasteiger partial charge in [0.2, 0.25) is 5.91 Å². The highest BCUT2D eigenvalue weighted by Crippen LogP contribution is 2.36. The van der Waals surface area contributed by atoms with Crippen molar-refractivity contribution >= 4 is 44.5 Å². The molecule has 2 aromatic carbocycles. The topological polar surface area (TPSA) is 102 Å². The van der Waals surface area contributed by atoms with Crippen LogP contribution in [0, 0.1) is 0 Å². The zero-order valence-corrected chi connectivity index (χ0v) is 20.8. The Bertz CT molecular complexity index is 1150. The van der Waals surface area contributed by atoms with Crippen molar-refractivity contribution in [1.82, 2.24) is 10.2 Å². The minimum Gasteiger partial charge on any atom is -0.497 e. The van der Waals surface area contributed by atoms with Crippen LogP contribution in [0.1, 0.15) is 11.1 Å². The lowest BCUT2D eigenvalue weighted by molar-refractivity contribution is -0.153. The number of ether oxygens (including phenoxy) is 2. The molecule has 4 rings (SSSR count).